The van der Waals surface area contributed by atoms with Gasteiger partial charge in [-0.25, -0.2) is 8.42 Å². The van der Waals surface area contributed by atoms with E-state index in [2.05, 4.69) is 17.4 Å². The first-order valence-corrected chi connectivity index (χ1v) is 15.3. The highest BCUT2D eigenvalue weighted by atomic mass is 32.2. The van der Waals surface area contributed by atoms with Crippen molar-refractivity contribution in [3.8, 4) is 0 Å². The van der Waals surface area contributed by atoms with Crippen LogP contribution in [0.4, 0.5) is 0 Å². The zero-order valence-corrected chi connectivity index (χ0v) is 23.6. The topological polar surface area (TPSA) is 101 Å². The van der Waals surface area contributed by atoms with Crippen LogP contribution in [0.25, 0.3) is 0 Å². The Kier molecular flexibility index (Phi) is 8.12. The molecule has 0 unspecified atom stereocenters. The summed E-state index contributed by atoms with van der Waals surface area (Å²) in [6, 6.07) is 11.7. The van der Waals surface area contributed by atoms with Gasteiger partial charge in [-0.05, 0) is 65.8 Å². The van der Waals surface area contributed by atoms with Gasteiger partial charge in [0.2, 0.25) is 11.8 Å². The number of piperazine rings is 1. The maximum absolute atomic E-state index is 14.3. The predicted molar refractivity (Wildman–Crippen MR) is 146 cm³/mol. The standard InChI is InChI=1S/C30H38N2O5S/c1-18(2)14-25-29(34)31-27(23-16-21-8-6-7-9-22(21)17-23)30(35)32(25)28(26(33)15-19(3)4)20-10-12-24(13-11-20)38(5,36)37/h6-13,18-19,23,25,27-28H,14-17H2,1-5H3,(H,31,34)/t25-,27-,28-/m1/s1. The van der Waals surface area contributed by atoms with Crippen LogP contribution in [0.3, 0.4) is 0 Å². The van der Waals surface area contributed by atoms with Crippen molar-refractivity contribution in [3.63, 3.8) is 0 Å². The van der Waals surface area contributed by atoms with E-state index in [-0.39, 0.29) is 46.7 Å². The number of nitrogens with zero attached hydrogens (tertiary/aromatic N) is 1. The van der Waals surface area contributed by atoms with Gasteiger partial charge in [-0.2, -0.15) is 0 Å². The molecular formula is C30H38N2O5S. The molecule has 7 nitrogen and oxygen atoms in total. The van der Waals surface area contributed by atoms with Gasteiger partial charge in [0.15, 0.2) is 15.6 Å². The van der Waals surface area contributed by atoms with Gasteiger partial charge in [-0.1, -0.05) is 64.1 Å². The van der Waals surface area contributed by atoms with Gasteiger partial charge in [0.25, 0.3) is 0 Å². The van der Waals surface area contributed by atoms with Crippen molar-refractivity contribution in [2.24, 2.45) is 17.8 Å². The van der Waals surface area contributed by atoms with Gasteiger partial charge in [0.1, 0.15) is 18.1 Å². The summed E-state index contributed by atoms with van der Waals surface area (Å²) in [7, 11) is -3.43. The lowest BCUT2D eigenvalue weighted by molar-refractivity contribution is -0.157. The molecule has 1 N–H and O–H groups in total. The Hall–Kier alpha value is -3.00. The van der Waals surface area contributed by atoms with E-state index >= 15 is 0 Å². The molecule has 4 rings (SSSR count). The summed E-state index contributed by atoms with van der Waals surface area (Å²) in [5.74, 6) is -0.576. The molecule has 0 saturated carbocycles. The zero-order valence-electron chi connectivity index (χ0n) is 22.8. The Bertz CT molecular complexity index is 1290. The van der Waals surface area contributed by atoms with E-state index in [1.54, 1.807) is 12.1 Å². The number of nitrogens with one attached hydrogen (secondary N) is 1. The smallest absolute Gasteiger partial charge is 0.247 e. The molecule has 2 aliphatic rings. The van der Waals surface area contributed by atoms with Crippen molar-refractivity contribution in [3.05, 3.63) is 65.2 Å². The highest BCUT2D eigenvalue weighted by molar-refractivity contribution is 7.90. The van der Waals surface area contributed by atoms with Crippen LogP contribution < -0.4 is 5.32 Å². The highest BCUT2D eigenvalue weighted by Crippen LogP contribution is 2.36. The number of hydrogen-bond acceptors (Lipinski definition) is 5. The molecular weight excluding hydrogens is 500 g/mol. The lowest BCUT2D eigenvalue weighted by atomic mass is 9.86. The molecule has 8 heteroatoms. The summed E-state index contributed by atoms with van der Waals surface area (Å²) in [5.41, 5.74) is 2.88. The number of sulfone groups is 1. The molecule has 3 atom stereocenters. The van der Waals surface area contributed by atoms with Gasteiger partial charge in [-0.15, -0.1) is 0 Å². The highest BCUT2D eigenvalue weighted by Gasteiger charge is 2.49. The van der Waals surface area contributed by atoms with E-state index in [0.29, 0.717) is 24.8 Å². The molecule has 38 heavy (non-hydrogen) atoms. The Morgan fingerprint density at radius 3 is 2.03 bits per heavy atom. The molecule has 0 bridgehead atoms. The lowest BCUT2D eigenvalue weighted by Gasteiger charge is -2.45. The fraction of sp³-hybridized carbons (Fsp3) is 0.500. The third-order valence-electron chi connectivity index (χ3n) is 7.52. The second-order valence-electron chi connectivity index (χ2n) is 11.6. The fourth-order valence-electron chi connectivity index (χ4n) is 5.79. The minimum atomic E-state index is -3.43. The maximum atomic E-state index is 14.3. The average molecular weight is 539 g/mol. The number of Topliss-reactive ketones (excluding diaryl/α,β-unsaturated/α-hetero) is 1. The second kappa shape index (κ2) is 11.0. The number of carbonyl (C=O) groups excluding carboxylic acids is 3. The normalized spacial score (nSPS) is 21.1. The third kappa shape index (κ3) is 5.85. The molecule has 1 aliphatic carbocycles. The number of hydrogen-bond donors (Lipinski definition) is 1. The van der Waals surface area contributed by atoms with Gasteiger partial charge >= 0.3 is 0 Å². The van der Waals surface area contributed by atoms with Crippen molar-refractivity contribution in [1.82, 2.24) is 10.2 Å². The van der Waals surface area contributed by atoms with Crippen LogP contribution in [0.1, 0.15) is 63.3 Å². The van der Waals surface area contributed by atoms with Crippen molar-refractivity contribution in [2.75, 3.05) is 6.26 Å². The van der Waals surface area contributed by atoms with Crippen LogP contribution in [0.15, 0.2) is 53.4 Å². The average Bonchev–Trinajstić information content (AvgIpc) is 3.26. The summed E-state index contributed by atoms with van der Waals surface area (Å²) in [6.45, 7) is 7.86. The second-order valence-corrected chi connectivity index (χ2v) is 13.6. The van der Waals surface area contributed by atoms with E-state index < -0.39 is 28.0 Å². The Morgan fingerprint density at radius 1 is 0.947 bits per heavy atom. The predicted octanol–water partition coefficient (Wildman–Crippen LogP) is 3.90. The maximum Gasteiger partial charge on any atom is 0.247 e. The third-order valence-corrected chi connectivity index (χ3v) is 8.65. The minimum Gasteiger partial charge on any atom is -0.342 e. The summed E-state index contributed by atoms with van der Waals surface area (Å²) in [4.78, 5) is 43.3. The SMILES string of the molecule is CC(C)CC(=O)[C@@H](c1ccc(S(C)(=O)=O)cc1)N1C(=O)[C@@H](C2Cc3ccccc3C2)NC(=O)[C@H]1CC(C)C. The minimum absolute atomic E-state index is 0.0534. The number of rotatable bonds is 9. The monoisotopic (exact) mass is 538 g/mol. The van der Waals surface area contributed by atoms with E-state index in [4.69, 9.17) is 0 Å². The van der Waals surface area contributed by atoms with Crippen LogP contribution >= 0.6 is 0 Å². The van der Waals surface area contributed by atoms with Gasteiger partial charge in [-0.3, -0.25) is 14.4 Å². The molecule has 2 aromatic rings. The molecule has 0 radical (unpaired) electrons. The molecule has 1 saturated heterocycles. The zero-order chi connectivity index (χ0) is 27.8. The Labute approximate surface area is 225 Å². The summed E-state index contributed by atoms with van der Waals surface area (Å²) in [6.07, 6.45) is 3.15. The van der Waals surface area contributed by atoms with Gasteiger partial charge in [0.05, 0.1) is 4.90 Å². The molecule has 204 valence electrons. The quantitative estimate of drug-likeness (QED) is 0.522. The molecule has 1 aliphatic heterocycles. The van der Waals surface area contributed by atoms with Crippen molar-refractivity contribution >= 4 is 27.4 Å². The number of fused-ring (bicyclic) bond motifs is 1. The van der Waals surface area contributed by atoms with E-state index in [0.717, 1.165) is 6.26 Å². The van der Waals surface area contributed by atoms with E-state index in [1.807, 2.05) is 39.8 Å². The summed E-state index contributed by atoms with van der Waals surface area (Å²) in [5, 5.41) is 3.02. The summed E-state index contributed by atoms with van der Waals surface area (Å²) < 4.78 is 24.1. The molecule has 1 heterocycles. The first-order chi connectivity index (χ1) is 17.9. The van der Waals surface area contributed by atoms with Crippen LogP contribution in [0.5, 0.6) is 0 Å². The van der Waals surface area contributed by atoms with Gasteiger partial charge < -0.3 is 10.2 Å². The number of carbonyl (C=O) groups is 3. The summed E-state index contributed by atoms with van der Waals surface area (Å²) >= 11 is 0. The van der Waals surface area contributed by atoms with Crippen LogP contribution in [-0.2, 0) is 37.1 Å². The Morgan fingerprint density at radius 2 is 1.53 bits per heavy atom. The first kappa shape index (κ1) is 28.0. The molecule has 2 amide bonds. The largest absolute Gasteiger partial charge is 0.342 e. The number of benzene rings is 2. The molecule has 0 aromatic heterocycles. The van der Waals surface area contributed by atoms with Crippen molar-refractivity contribution in [1.29, 1.82) is 0 Å². The van der Waals surface area contributed by atoms with Gasteiger partial charge in [0, 0.05) is 12.7 Å². The van der Waals surface area contributed by atoms with E-state index in [9.17, 15) is 22.8 Å². The fourth-order valence-corrected chi connectivity index (χ4v) is 6.42. The number of amides is 2. The van der Waals surface area contributed by atoms with Crippen LogP contribution in [-0.4, -0.2) is 49.3 Å². The van der Waals surface area contributed by atoms with Crippen LogP contribution in [0, 0.1) is 17.8 Å². The Balaban J connectivity index is 1.77. The molecule has 2 aromatic carbocycles. The van der Waals surface area contributed by atoms with Crippen molar-refractivity contribution < 1.29 is 22.8 Å². The first-order valence-electron chi connectivity index (χ1n) is 13.4. The number of ketones is 1. The lowest BCUT2D eigenvalue weighted by Crippen LogP contribution is -2.66. The molecule has 1 fully saturated rings. The molecule has 0 spiro atoms. The van der Waals surface area contributed by atoms with Crippen molar-refractivity contribution in [2.45, 2.75) is 76.4 Å². The van der Waals surface area contributed by atoms with Crippen LogP contribution in [0.2, 0.25) is 0 Å². The van der Waals surface area contributed by atoms with E-state index in [1.165, 1.54) is 28.2 Å².